The molecule has 25 heavy (non-hydrogen) atoms. The molecule has 0 radical (unpaired) electrons. The molecule has 1 amide bonds. The number of hydrogen-bond donors (Lipinski definition) is 1. The molecule has 0 unspecified atom stereocenters. The van der Waals surface area contributed by atoms with Crippen molar-refractivity contribution in [3.05, 3.63) is 35.6 Å². The number of rotatable bonds is 5. The molecule has 1 saturated heterocycles. The second-order valence-electron chi connectivity index (χ2n) is 6.98. The summed E-state index contributed by atoms with van der Waals surface area (Å²) in [5.74, 6) is 2.65. The molecule has 7 heteroatoms. The maximum absolute atomic E-state index is 12.2. The molecule has 3 rings (SSSR count). The van der Waals surface area contributed by atoms with Crippen molar-refractivity contribution < 1.29 is 9.32 Å². The van der Waals surface area contributed by atoms with Crippen molar-refractivity contribution in [2.45, 2.75) is 46.1 Å². The first-order chi connectivity index (χ1) is 12.0. The van der Waals surface area contributed by atoms with Crippen LogP contribution in [0.5, 0.6) is 0 Å². The second-order valence-corrected chi connectivity index (χ2v) is 6.98. The van der Waals surface area contributed by atoms with Crippen molar-refractivity contribution in [1.82, 2.24) is 20.4 Å². The number of carbonyl (C=O) groups is 1. The van der Waals surface area contributed by atoms with Crippen LogP contribution in [0, 0.1) is 5.92 Å². The zero-order chi connectivity index (χ0) is 17.8. The van der Waals surface area contributed by atoms with Gasteiger partial charge in [0, 0.05) is 25.2 Å². The summed E-state index contributed by atoms with van der Waals surface area (Å²) in [4.78, 5) is 23.2. The Kier molecular flexibility index (Phi) is 5.31. The Bertz CT molecular complexity index is 711. The van der Waals surface area contributed by atoms with E-state index in [0.29, 0.717) is 23.2 Å². The van der Waals surface area contributed by atoms with Gasteiger partial charge in [-0.3, -0.25) is 4.79 Å². The first kappa shape index (κ1) is 17.4. The van der Waals surface area contributed by atoms with Crippen LogP contribution in [-0.4, -0.2) is 34.1 Å². The number of carbonyl (C=O) groups excluding carboxylic acids is 1. The van der Waals surface area contributed by atoms with E-state index in [-0.39, 0.29) is 18.4 Å². The zero-order valence-corrected chi connectivity index (χ0v) is 15.0. The number of nitrogens with one attached hydrogen (secondary N) is 1. The summed E-state index contributed by atoms with van der Waals surface area (Å²) in [5.41, 5.74) is 0.529. The van der Waals surface area contributed by atoms with Crippen LogP contribution < -0.4 is 10.2 Å². The van der Waals surface area contributed by atoms with Gasteiger partial charge in [0.25, 0.3) is 5.91 Å². The first-order valence-corrected chi connectivity index (χ1v) is 8.84. The number of hydrogen-bond acceptors (Lipinski definition) is 6. The van der Waals surface area contributed by atoms with Crippen LogP contribution in [0.25, 0.3) is 0 Å². The van der Waals surface area contributed by atoms with E-state index in [1.807, 2.05) is 26.0 Å². The third-order valence-corrected chi connectivity index (χ3v) is 4.38. The Morgan fingerprint density at radius 2 is 2.28 bits per heavy atom. The van der Waals surface area contributed by atoms with Gasteiger partial charge in [-0.25, -0.2) is 4.98 Å². The Morgan fingerprint density at radius 1 is 1.44 bits per heavy atom. The standard InChI is InChI=1S/C18H25N5O2/c1-12(2)18-21-15(22-25-18)10-20-17(24)14-6-7-16(19-9-14)23-8-4-5-13(3)11-23/h6-7,9,12-13H,4-5,8,10-11H2,1-3H3,(H,20,24)/t13-/m1/s1. The van der Waals surface area contributed by atoms with E-state index in [1.165, 1.54) is 12.8 Å². The van der Waals surface area contributed by atoms with Crippen LogP contribution in [0.1, 0.15) is 61.6 Å². The van der Waals surface area contributed by atoms with Gasteiger partial charge in [-0.05, 0) is 30.9 Å². The fourth-order valence-electron chi connectivity index (χ4n) is 2.94. The molecule has 134 valence electrons. The minimum absolute atomic E-state index is 0.172. The van der Waals surface area contributed by atoms with E-state index in [0.717, 1.165) is 18.9 Å². The van der Waals surface area contributed by atoms with Gasteiger partial charge in [0.2, 0.25) is 5.89 Å². The van der Waals surface area contributed by atoms with Crippen LogP contribution in [0.4, 0.5) is 5.82 Å². The lowest BCUT2D eigenvalue weighted by molar-refractivity contribution is 0.0949. The van der Waals surface area contributed by atoms with Crippen LogP contribution in [0.2, 0.25) is 0 Å². The predicted molar refractivity (Wildman–Crippen MR) is 94.4 cm³/mol. The van der Waals surface area contributed by atoms with Gasteiger partial charge in [0.15, 0.2) is 5.82 Å². The zero-order valence-electron chi connectivity index (χ0n) is 15.0. The van der Waals surface area contributed by atoms with E-state index in [1.54, 1.807) is 6.20 Å². The van der Waals surface area contributed by atoms with Gasteiger partial charge in [-0.1, -0.05) is 25.9 Å². The van der Waals surface area contributed by atoms with E-state index in [9.17, 15) is 4.79 Å². The van der Waals surface area contributed by atoms with Gasteiger partial charge < -0.3 is 14.7 Å². The van der Waals surface area contributed by atoms with Crippen LogP contribution >= 0.6 is 0 Å². The smallest absolute Gasteiger partial charge is 0.253 e. The summed E-state index contributed by atoms with van der Waals surface area (Å²) in [5, 5.41) is 6.66. The summed E-state index contributed by atoms with van der Waals surface area (Å²) in [7, 11) is 0. The highest BCUT2D eigenvalue weighted by molar-refractivity contribution is 5.93. The number of pyridine rings is 1. The molecular formula is C18H25N5O2. The SMILES string of the molecule is CC(C)c1nc(CNC(=O)c2ccc(N3CCC[C@@H](C)C3)nc2)no1. The molecule has 0 bridgehead atoms. The highest BCUT2D eigenvalue weighted by atomic mass is 16.5. The van der Waals surface area contributed by atoms with Crippen LogP contribution in [-0.2, 0) is 6.54 Å². The lowest BCUT2D eigenvalue weighted by Gasteiger charge is -2.31. The lowest BCUT2D eigenvalue weighted by Crippen LogP contribution is -2.34. The van der Waals surface area contributed by atoms with E-state index in [4.69, 9.17) is 4.52 Å². The summed E-state index contributed by atoms with van der Waals surface area (Å²) in [6, 6.07) is 3.73. The molecule has 2 aromatic heterocycles. The molecule has 0 aliphatic carbocycles. The van der Waals surface area contributed by atoms with Crippen molar-refractivity contribution in [3.63, 3.8) is 0 Å². The summed E-state index contributed by atoms with van der Waals surface area (Å²) in [6.07, 6.45) is 4.08. The fraction of sp³-hybridized carbons (Fsp3) is 0.556. The quantitative estimate of drug-likeness (QED) is 0.898. The molecule has 1 fully saturated rings. The number of anilines is 1. The molecule has 1 atom stereocenters. The van der Waals surface area contributed by atoms with Crippen molar-refractivity contribution >= 4 is 11.7 Å². The van der Waals surface area contributed by atoms with Gasteiger partial charge in [0.1, 0.15) is 5.82 Å². The highest BCUT2D eigenvalue weighted by Crippen LogP contribution is 2.21. The van der Waals surface area contributed by atoms with E-state index in [2.05, 4.69) is 32.3 Å². The van der Waals surface area contributed by atoms with Gasteiger partial charge >= 0.3 is 0 Å². The Hall–Kier alpha value is -2.44. The van der Waals surface area contributed by atoms with Gasteiger partial charge in [-0.15, -0.1) is 0 Å². The molecule has 1 N–H and O–H groups in total. The molecule has 0 saturated carbocycles. The summed E-state index contributed by atoms with van der Waals surface area (Å²) in [6.45, 7) is 8.50. The Labute approximate surface area is 147 Å². The van der Waals surface area contributed by atoms with Crippen molar-refractivity contribution in [1.29, 1.82) is 0 Å². The number of nitrogens with zero attached hydrogens (tertiary/aromatic N) is 4. The van der Waals surface area contributed by atoms with Crippen LogP contribution in [0.15, 0.2) is 22.9 Å². The second kappa shape index (κ2) is 7.63. The molecule has 0 spiro atoms. The minimum atomic E-state index is -0.193. The largest absolute Gasteiger partial charge is 0.356 e. The molecule has 1 aliphatic heterocycles. The summed E-state index contributed by atoms with van der Waals surface area (Å²) < 4.78 is 5.13. The average molecular weight is 343 g/mol. The Morgan fingerprint density at radius 3 is 2.92 bits per heavy atom. The van der Waals surface area contributed by atoms with E-state index >= 15 is 0 Å². The van der Waals surface area contributed by atoms with Gasteiger partial charge in [-0.2, -0.15) is 4.98 Å². The van der Waals surface area contributed by atoms with Crippen molar-refractivity contribution in [3.8, 4) is 0 Å². The monoisotopic (exact) mass is 343 g/mol. The normalized spacial score (nSPS) is 17.8. The summed E-state index contributed by atoms with van der Waals surface area (Å²) >= 11 is 0. The molecule has 7 nitrogen and oxygen atoms in total. The molecular weight excluding hydrogens is 318 g/mol. The third-order valence-electron chi connectivity index (χ3n) is 4.38. The fourth-order valence-corrected chi connectivity index (χ4v) is 2.94. The van der Waals surface area contributed by atoms with Crippen LogP contribution in [0.3, 0.4) is 0 Å². The molecule has 2 aromatic rings. The topological polar surface area (TPSA) is 84.2 Å². The predicted octanol–water partition coefficient (Wildman–Crippen LogP) is 2.75. The minimum Gasteiger partial charge on any atom is -0.356 e. The molecule has 1 aliphatic rings. The maximum atomic E-state index is 12.2. The average Bonchev–Trinajstić information content (AvgIpc) is 3.09. The first-order valence-electron chi connectivity index (χ1n) is 8.84. The highest BCUT2D eigenvalue weighted by Gasteiger charge is 2.18. The third kappa shape index (κ3) is 4.35. The number of aromatic nitrogens is 3. The molecule has 0 aromatic carbocycles. The van der Waals surface area contributed by atoms with Crippen molar-refractivity contribution in [2.75, 3.05) is 18.0 Å². The van der Waals surface area contributed by atoms with Gasteiger partial charge in [0.05, 0.1) is 12.1 Å². The Balaban J connectivity index is 1.56. The van der Waals surface area contributed by atoms with E-state index < -0.39 is 0 Å². The number of amides is 1. The lowest BCUT2D eigenvalue weighted by atomic mass is 10.0. The number of piperidine rings is 1. The molecule has 3 heterocycles. The maximum Gasteiger partial charge on any atom is 0.253 e. The van der Waals surface area contributed by atoms with Crippen molar-refractivity contribution in [2.24, 2.45) is 5.92 Å².